The molecule has 0 aliphatic heterocycles. The van der Waals surface area contributed by atoms with Crippen LogP contribution in [0.4, 0.5) is 11.6 Å². The van der Waals surface area contributed by atoms with Crippen LogP contribution in [0.2, 0.25) is 0 Å². The van der Waals surface area contributed by atoms with Crippen molar-refractivity contribution in [3.8, 4) is 11.4 Å². The number of aromatic nitrogens is 4. The minimum atomic E-state index is -0.209. The lowest BCUT2D eigenvalue weighted by atomic mass is 10.2. The second-order valence-corrected chi connectivity index (χ2v) is 5.77. The summed E-state index contributed by atoms with van der Waals surface area (Å²) in [6.07, 6.45) is 5.04. The number of para-hydroxylation sites is 1. The van der Waals surface area contributed by atoms with Gasteiger partial charge < -0.3 is 10.6 Å². The molecule has 0 saturated heterocycles. The molecule has 0 unspecified atom stereocenters. The van der Waals surface area contributed by atoms with Gasteiger partial charge in [0.2, 0.25) is 5.91 Å². The first-order chi connectivity index (χ1) is 13.3. The number of hydrogen-bond donors (Lipinski definition) is 2. The highest BCUT2D eigenvalue weighted by molar-refractivity contribution is 5.95. The number of nitrogens with zero attached hydrogens (tertiary/aromatic N) is 4. The number of carbonyl (C=O) groups excluding carboxylic acids is 1. The monoisotopic (exact) mass is 356 g/mol. The van der Waals surface area contributed by atoms with Gasteiger partial charge in [0.05, 0.1) is 12.1 Å². The molecule has 3 heterocycles. The van der Waals surface area contributed by atoms with Crippen LogP contribution in [0.5, 0.6) is 0 Å². The summed E-state index contributed by atoms with van der Waals surface area (Å²) in [5.41, 5.74) is 1.60. The number of pyridine rings is 2. The molecule has 0 saturated carbocycles. The maximum absolute atomic E-state index is 12.2. The Bertz CT molecular complexity index is 1070. The zero-order valence-electron chi connectivity index (χ0n) is 14.3. The van der Waals surface area contributed by atoms with Crippen molar-refractivity contribution in [3.63, 3.8) is 0 Å². The van der Waals surface area contributed by atoms with Gasteiger partial charge in [-0.1, -0.05) is 18.2 Å². The van der Waals surface area contributed by atoms with E-state index in [1.807, 2.05) is 42.5 Å². The summed E-state index contributed by atoms with van der Waals surface area (Å²) in [7, 11) is 0. The van der Waals surface area contributed by atoms with Crippen molar-refractivity contribution in [1.82, 2.24) is 19.9 Å². The van der Waals surface area contributed by atoms with E-state index in [1.165, 1.54) is 0 Å². The Morgan fingerprint density at radius 1 is 0.926 bits per heavy atom. The van der Waals surface area contributed by atoms with Crippen molar-refractivity contribution in [3.05, 3.63) is 73.2 Å². The molecule has 1 aromatic carbocycles. The number of fused-ring (bicyclic) bond motifs is 1. The van der Waals surface area contributed by atoms with E-state index < -0.39 is 0 Å². The summed E-state index contributed by atoms with van der Waals surface area (Å²) in [6.45, 7) is 0.0596. The molecule has 0 aliphatic carbocycles. The number of rotatable bonds is 5. The molecular formula is C20H16N6O. The van der Waals surface area contributed by atoms with Crippen LogP contribution in [0.3, 0.4) is 0 Å². The number of hydrogen-bond acceptors (Lipinski definition) is 6. The highest BCUT2D eigenvalue weighted by atomic mass is 16.2. The molecule has 0 aliphatic rings. The Morgan fingerprint density at radius 3 is 2.63 bits per heavy atom. The summed E-state index contributed by atoms with van der Waals surface area (Å²) in [4.78, 5) is 29.6. The van der Waals surface area contributed by atoms with Gasteiger partial charge in [0, 0.05) is 29.5 Å². The average molecular weight is 356 g/mol. The second kappa shape index (κ2) is 7.57. The van der Waals surface area contributed by atoms with Gasteiger partial charge >= 0.3 is 0 Å². The maximum atomic E-state index is 12.2. The average Bonchev–Trinajstić information content (AvgIpc) is 2.73. The Labute approximate surface area is 155 Å². The molecule has 7 nitrogen and oxygen atoms in total. The van der Waals surface area contributed by atoms with Crippen molar-refractivity contribution >= 4 is 28.4 Å². The van der Waals surface area contributed by atoms with Crippen LogP contribution in [-0.4, -0.2) is 32.4 Å². The van der Waals surface area contributed by atoms with E-state index in [9.17, 15) is 4.79 Å². The van der Waals surface area contributed by atoms with Gasteiger partial charge in [-0.2, -0.15) is 0 Å². The zero-order valence-corrected chi connectivity index (χ0v) is 14.3. The third-order valence-electron chi connectivity index (χ3n) is 3.87. The third kappa shape index (κ3) is 3.87. The Balaban J connectivity index is 1.59. The third-order valence-corrected chi connectivity index (χ3v) is 3.87. The van der Waals surface area contributed by atoms with Crippen LogP contribution >= 0.6 is 0 Å². The lowest BCUT2D eigenvalue weighted by Gasteiger charge is -2.11. The zero-order chi connectivity index (χ0) is 18.5. The first-order valence-electron chi connectivity index (χ1n) is 8.41. The van der Waals surface area contributed by atoms with Crippen molar-refractivity contribution in [2.24, 2.45) is 0 Å². The van der Waals surface area contributed by atoms with E-state index in [0.29, 0.717) is 17.5 Å². The van der Waals surface area contributed by atoms with E-state index in [0.717, 1.165) is 16.5 Å². The highest BCUT2D eigenvalue weighted by Gasteiger charge is 2.11. The Kier molecular flexibility index (Phi) is 4.65. The van der Waals surface area contributed by atoms with Crippen LogP contribution in [0.15, 0.2) is 73.2 Å². The van der Waals surface area contributed by atoms with E-state index in [4.69, 9.17) is 0 Å². The molecule has 2 N–H and O–H groups in total. The quantitative estimate of drug-likeness (QED) is 0.571. The van der Waals surface area contributed by atoms with E-state index in [-0.39, 0.29) is 12.5 Å². The molecular weight excluding hydrogens is 340 g/mol. The van der Waals surface area contributed by atoms with E-state index in [2.05, 4.69) is 30.6 Å². The van der Waals surface area contributed by atoms with Crippen LogP contribution in [0, 0.1) is 0 Å². The fourth-order valence-corrected chi connectivity index (χ4v) is 2.62. The summed E-state index contributed by atoms with van der Waals surface area (Å²) < 4.78 is 0. The molecule has 3 aromatic heterocycles. The van der Waals surface area contributed by atoms with Gasteiger partial charge in [0.1, 0.15) is 11.6 Å². The molecule has 0 fully saturated rings. The van der Waals surface area contributed by atoms with Gasteiger partial charge in [-0.15, -0.1) is 0 Å². The van der Waals surface area contributed by atoms with Crippen molar-refractivity contribution in [1.29, 1.82) is 0 Å². The summed E-state index contributed by atoms with van der Waals surface area (Å²) in [5, 5.41) is 6.69. The number of anilines is 2. The van der Waals surface area contributed by atoms with Crippen molar-refractivity contribution in [2.75, 3.05) is 17.2 Å². The SMILES string of the molecule is O=C(CNc1nc(-c2cccnc2)nc2ccccc12)Nc1ccccn1. The molecule has 0 atom stereocenters. The predicted octanol–water partition coefficient (Wildman–Crippen LogP) is 3.14. The fraction of sp³-hybridized carbons (Fsp3) is 0.0500. The molecule has 27 heavy (non-hydrogen) atoms. The van der Waals surface area contributed by atoms with Crippen LogP contribution in [0.25, 0.3) is 22.3 Å². The van der Waals surface area contributed by atoms with E-state index in [1.54, 1.807) is 30.7 Å². The molecule has 0 radical (unpaired) electrons. The van der Waals surface area contributed by atoms with Gasteiger partial charge in [0.25, 0.3) is 0 Å². The number of benzene rings is 1. The smallest absolute Gasteiger partial charge is 0.244 e. The van der Waals surface area contributed by atoms with Crippen LogP contribution in [-0.2, 0) is 4.79 Å². The summed E-state index contributed by atoms with van der Waals surface area (Å²) in [5.74, 6) is 1.44. The van der Waals surface area contributed by atoms with Crippen LogP contribution < -0.4 is 10.6 Å². The molecule has 4 rings (SSSR count). The van der Waals surface area contributed by atoms with Gasteiger partial charge in [0.15, 0.2) is 5.82 Å². The first-order valence-corrected chi connectivity index (χ1v) is 8.41. The first kappa shape index (κ1) is 16.6. The molecule has 132 valence electrons. The number of amides is 1. The Hall–Kier alpha value is -3.87. The molecule has 1 amide bonds. The van der Waals surface area contributed by atoms with Gasteiger partial charge in [-0.05, 0) is 36.4 Å². The lowest BCUT2D eigenvalue weighted by Crippen LogP contribution is -2.22. The van der Waals surface area contributed by atoms with Crippen molar-refractivity contribution < 1.29 is 4.79 Å². The molecule has 0 spiro atoms. The molecule has 4 aromatic rings. The molecule has 0 bridgehead atoms. The number of nitrogens with one attached hydrogen (secondary N) is 2. The Morgan fingerprint density at radius 2 is 1.81 bits per heavy atom. The summed E-state index contributed by atoms with van der Waals surface area (Å²) >= 11 is 0. The molecule has 7 heteroatoms. The van der Waals surface area contributed by atoms with Gasteiger partial charge in [-0.3, -0.25) is 9.78 Å². The number of carbonyl (C=O) groups is 1. The fourth-order valence-electron chi connectivity index (χ4n) is 2.62. The predicted molar refractivity (Wildman–Crippen MR) is 104 cm³/mol. The van der Waals surface area contributed by atoms with Gasteiger partial charge in [-0.25, -0.2) is 15.0 Å². The second-order valence-electron chi connectivity index (χ2n) is 5.77. The lowest BCUT2D eigenvalue weighted by molar-refractivity contribution is -0.114. The largest absolute Gasteiger partial charge is 0.360 e. The topological polar surface area (TPSA) is 92.7 Å². The maximum Gasteiger partial charge on any atom is 0.244 e. The normalized spacial score (nSPS) is 10.5. The van der Waals surface area contributed by atoms with Crippen molar-refractivity contribution in [2.45, 2.75) is 0 Å². The summed E-state index contributed by atoms with van der Waals surface area (Å²) in [6, 6.07) is 16.7. The minimum absolute atomic E-state index is 0.0596. The highest BCUT2D eigenvalue weighted by Crippen LogP contribution is 2.24. The minimum Gasteiger partial charge on any atom is -0.360 e. The van der Waals surface area contributed by atoms with E-state index >= 15 is 0 Å². The van der Waals surface area contributed by atoms with Crippen LogP contribution in [0.1, 0.15) is 0 Å². The standard InChI is InChI=1S/C20H16N6O/c27-18(25-17-9-3-4-11-22-17)13-23-20-15-7-1-2-8-16(15)24-19(26-20)14-6-5-10-21-12-14/h1-12H,13H2,(H,22,25,27)(H,23,24,26).